The molecule has 0 aliphatic carbocycles. The predicted molar refractivity (Wildman–Crippen MR) is 131 cm³/mol. The molecule has 1 aliphatic heterocycles. The van der Waals surface area contributed by atoms with Crippen molar-refractivity contribution in [3.8, 4) is 0 Å². The molecule has 0 fully saturated rings. The Morgan fingerprint density at radius 3 is 2.51 bits per heavy atom. The van der Waals surface area contributed by atoms with Crippen molar-refractivity contribution in [1.82, 2.24) is 16.0 Å². The number of aliphatic carboxylic acids is 1. The molecule has 2 aromatic carbocycles. The third-order valence-corrected chi connectivity index (χ3v) is 5.24. The number of nitrogens with one attached hydrogen (secondary N) is 4. The Labute approximate surface area is 202 Å². The van der Waals surface area contributed by atoms with Gasteiger partial charge < -0.3 is 26.4 Å². The predicted octanol–water partition coefficient (Wildman–Crippen LogP) is 2.10. The number of allylic oxidation sites excluding steroid dienone is 1. The number of carboxylic acid groups (broad SMARTS) is 1. The molecular weight excluding hydrogens is 450 g/mol. The van der Waals surface area contributed by atoms with E-state index < -0.39 is 29.4 Å². The first-order valence-corrected chi connectivity index (χ1v) is 11.0. The van der Waals surface area contributed by atoms with E-state index in [4.69, 9.17) is 5.11 Å². The van der Waals surface area contributed by atoms with Crippen molar-refractivity contribution < 1.29 is 24.3 Å². The maximum atomic E-state index is 12.6. The molecule has 0 aromatic heterocycles. The van der Waals surface area contributed by atoms with Crippen LogP contribution in [0.3, 0.4) is 0 Å². The summed E-state index contributed by atoms with van der Waals surface area (Å²) in [6, 6.07) is 15.4. The molecule has 5 N–H and O–H groups in total. The van der Waals surface area contributed by atoms with Gasteiger partial charge in [0.25, 0.3) is 5.91 Å². The SMILES string of the molecule is O=C(O)CCC1(NC(=O)CNC(=O)c2cccc(NC(=O)NCc3ccccc3)c2)C=CC=NC1. The summed E-state index contributed by atoms with van der Waals surface area (Å²) in [4.78, 5) is 52.3. The van der Waals surface area contributed by atoms with Gasteiger partial charge in [-0.25, -0.2) is 4.79 Å². The zero-order chi connectivity index (χ0) is 25.1. The third-order valence-electron chi connectivity index (χ3n) is 5.24. The van der Waals surface area contributed by atoms with Gasteiger partial charge in [-0.1, -0.05) is 42.5 Å². The number of carboxylic acids is 1. The number of aliphatic imine (C=N–C) groups is 1. The van der Waals surface area contributed by atoms with Gasteiger partial charge >= 0.3 is 12.0 Å². The van der Waals surface area contributed by atoms with E-state index in [1.165, 1.54) is 6.07 Å². The Morgan fingerprint density at radius 2 is 1.80 bits per heavy atom. The van der Waals surface area contributed by atoms with Crippen LogP contribution in [-0.2, 0) is 16.1 Å². The number of benzene rings is 2. The first kappa shape index (κ1) is 25.2. The Bertz CT molecular complexity index is 1130. The largest absolute Gasteiger partial charge is 0.481 e. The molecule has 1 aliphatic rings. The molecule has 10 nitrogen and oxygen atoms in total. The van der Waals surface area contributed by atoms with Crippen molar-refractivity contribution in [3.05, 3.63) is 77.9 Å². The van der Waals surface area contributed by atoms with Crippen LogP contribution >= 0.6 is 0 Å². The molecule has 0 saturated heterocycles. The summed E-state index contributed by atoms with van der Waals surface area (Å²) in [6.45, 7) is 0.271. The highest BCUT2D eigenvalue weighted by molar-refractivity contribution is 5.98. The number of hydrogen-bond acceptors (Lipinski definition) is 5. The minimum Gasteiger partial charge on any atom is -0.481 e. The highest BCUT2D eigenvalue weighted by Crippen LogP contribution is 2.18. The molecule has 35 heavy (non-hydrogen) atoms. The van der Waals surface area contributed by atoms with Gasteiger partial charge in [0.1, 0.15) is 0 Å². The summed E-state index contributed by atoms with van der Waals surface area (Å²) in [6.07, 6.45) is 4.98. The van der Waals surface area contributed by atoms with E-state index in [0.29, 0.717) is 12.2 Å². The van der Waals surface area contributed by atoms with Crippen LogP contribution in [0, 0.1) is 0 Å². The summed E-state index contributed by atoms with van der Waals surface area (Å²) >= 11 is 0. The van der Waals surface area contributed by atoms with Crippen LogP contribution in [0.5, 0.6) is 0 Å². The van der Waals surface area contributed by atoms with Crippen LogP contribution < -0.4 is 21.3 Å². The lowest BCUT2D eigenvalue weighted by atomic mass is 9.91. The van der Waals surface area contributed by atoms with Crippen molar-refractivity contribution >= 4 is 35.7 Å². The molecule has 0 saturated carbocycles. The summed E-state index contributed by atoms with van der Waals surface area (Å²) in [5.41, 5.74) is 0.729. The number of nitrogens with zero attached hydrogens (tertiary/aromatic N) is 1. The monoisotopic (exact) mass is 477 g/mol. The zero-order valence-electron chi connectivity index (χ0n) is 19.0. The summed E-state index contributed by atoms with van der Waals surface area (Å²) in [5, 5.41) is 19.7. The molecule has 0 bridgehead atoms. The molecule has 4 amide bonds. The van der Waals surface area contributed by atoms with Gasteiger partial charge in [0.15, 0.2) is 0 Å². The fourth-order valence-corrected chi connectivity index (χ4v) is 3.47. The van der Waals surface area contributed by atoms with Gasteiger partial charge in [-0.3, -0.25) is 19.4 Å². The molecule has 2 aromatic rings. The van der Waals surface area contributed by atoms with E-state index in [1.54, 1.807) is 36.6 Å². The van der Waals surface area contributed by atoms with Crippen molar-refractivity contribution in [3.63, 3.8) is 0 Å². The fourth-order valence-electron chi connectivity index (χ4n) is 3.47. The number of amides is 4. The second-order valence-electron chi connectivity index (χ2n) is 8.00. The van der Waals surface area contributed by atoms with Crippen LogP contribution in [-0.4, -0.2) is 53.8 Å². The quantitative estimate of drug-likeness (QED) is 0.355. The number of anilines is 1. The highest BCUT2D eigenvalue weighted by Gasteiger charge is 2.30. The summed E-state index contributed by atoms with van der Waals surface area (Å²) < 4.78 is 0. The second-order valence-corrected chi connectivity index (χ2v) is 8.00. The van der Waals surface area contributed by atoms with Gasteiger partial charge in [0.05, 0.1) is 18.6 Å². The molecule has 1 unspecified atom stereocenters. The van der Waals surface area contributed by atoms with E-state index in [0.717, 1.165) is 5.56 Å². The van der Waals surface area contributed by atoms with Gasteiger partial charge in [-0.05, 0) is 36.3 Å². The van der Waals surface area contributed by atoms with Crippen LogP contribution in [0.25, 0.3) is 0 Å². The summed E-state index contributed by atoms with van der Waals surface area (Å²) in [5.74, 6) is -1.94. The fraction of sp³-hybridized carbons (Fsp3) is 0.240. The second kappa shape index (κ2) is 12.1. The molecule has 10 heteroatoms. The smallest absolute Gasteiger partial charge is 0.319 e. The molecule has 3 rings (SSSR count). The zero-order valence-corrected chi connectivity index (χ0v) is 19.0. The van der Waals surface area contributed by atoms with E-state index in [2.05, 4.69) is 26.3 Å². The summed E-state index contributed by atoms with van der Waals surface area (Å²) in [7, 11) is 0. The lowest BCUT2D eigenvalue weighted by Crippen LogP contribution is -2.53. The average molecular weight is 478 g/mol. The minimum absolute atomic E-state index is 0.134. The number of urea groups is 1. The van der Waals surface area contributed by atoms with E-state index >= 15 is 0 Å². The van der Waals surface area contributed by atoms with Crippen molar-refractivity contribution in [2.24, 2.45) is 4.99 Å². The van der Waals surface area contributed by atoms with Crippen LogP contribution in [0.15, 0.2) is 71.7 Å². The van der Waals surface area contributed by atoms with E-state index in [9.17, 15) is 19.2 Å². The van der Waals surface area contributed by atoms with Gasteiger partial charge in [0, 0.05) is 30.4 Å². The highest BCUT2D eigenvalue weighted by atomic mass is 16.4. The maximum Gasteiger partial charge on any atom is 0.319 e. The van der Waals surface area contributed by atoms with E-state index in [-0.39, 0.29) is 31.5 Å². The Hall–Kier alpha value is -4.47. The number of hydrogen-bond donors (Lipinski definition) is 5. The normalized spacial score (nSPS) is 16.2. The maximum absolute atomic E-state index is 12.6. The molecular formula is C25H27N5O5. The Morgan fingerprint density at radius 1 is 1.00 bits per heavy atom. The third kappa shape index (κ3) is 8.11. The van der Waals surface area contributed by atoms with Crippen molar-refractivity contribution in [2.45, 2.75) is 24.9 Å². The molecule has 1 atom stereocenters. The minimum atomic E-state index is -0.975. The average Bonchev–Trinajstić information content (AvgIpc) is 2.86. The topological polar surface area (TPSA) is 149 Å². The lowest BCUT2D eigenvalue weighted by molar-refractivity contribution is -0.137. The number of carbonyl (C=O) groups is 4. The Balaban J connectivity index is 1.50. The molecule has 0 radical (unpaired) electrons. The number of dihydropyridines is 1. The van der Waals surface area contributed by atoms with Crippen molar-refractivity contribution in [2.75, 3.05) is 18.4 Å². The van der Waals surface area contributed by atoms with Crippen LogP contribution in [0.2, 0.25) is 0 Å². The first-order valence-electron chi connectivity index (χ1n) is 11.0. The Kier molecular flexibility index (Phi) is 8.71. The van der Waals surface area contributed by atoms with E-state index in [1.807, 2.05) is 30.3 Å². The lowest BCUT2D eigenvalue weighted by Gasteiger charge is -2.31. The van der Waals surface area contributed by atoms with Gasteiger partial charge in [-0.2, -0.15) is 0 Å². The standard InChI is InChI=1S/C25H27N5O5/c31-21(30-25(12-10-22(32)33)11-5-13-26-17-25)16-27-23(34)19-8-4-9-20(14-19)29-24(35)28-15-18-6-2-1-3-7-18/h1-9,11,13-14H,10,12,15-17H2,(H,27,34)(H,30,31)(H,32,33)(H2,28,29,35). The molecule has 182 valence electrons. The van der Waals surface area contributed by atoms with Gasteiger partial charge in [-0.15, -0.1) is 0 Å². The number of rotatable bonds is 10. The molecule has 1 heterocycles. The van der Waals surface area contributed by atoms with Crippen LogP contribution in [0.1, 0.15) is 28.8 Å². The molecule has 0 spiro atoms. The number of carbonyl (C=O) groups excluding carboxylic acids is 3. The van der Waals surface area contributed by atoms with Crippen molar-refractivity contribution in [1.29, 1.82) is 0 Å². The van der Waals surface area contributed by atoms with Crippen LogP contribution in [0.4, 0.5) is 10.5 Å². The first-order chi connectivity index (χ1) is 16.8. The van der Waals surface area contributed by atoms with Gasteiger partial charge in [0.2, 0.25) is 5.91 Å².